The van der Waals surface area contributed by atoms with Crippen LogP contribution in [0.4, 0.5) is 0 Å². The zero-order valence-corrected chi connectivity index (χ0v) is 11.6. The summed E-state index contributed by atoms with van der Waals surface area (Å²) in [5.41, 5.74) is 0.518. The lowest BCUT2D eigenvalue weighted by Crippen LogP contribution is -2.48. The highest BCUT2D eigenvalue weighted by atomic mass is 79.9. The van der Waals surface area contributed by atoms with Crippen molar-refractivity contribution in [2.24, 2.45) is 0 Å². The molecule has 1 N–H and O–H groups in total. The SMILES string of the molecule is CN1CC(NC(=O)c2cncc(Br)c2)CCC1=O. The third-order valence-corrected chi connectivity index (χ3v) is 3.36. The normalized spacial score (nSPS) is 19.8. The van der Waals surface area contributed by atoms with E-state index in [9.17, 15) is 9.59 Å². The van der Waals surface area contributed by atoms with Crippen LogP contribution < -0.4 is 5.32 Å². The Morgan fingerprint density at radius 2 is 2.33 bits per heavy atom. The predicted molar refractivity (Wildman–Crippen MR) is 70.1 cm³/mol. The average molecular weight is 312 g/mol. The van der Waals surface area contributed by atoms with Crippen molar-refractivity contribution in [2.45, 2.75) is 18.9 Å². The van der Waals surface area contributed by atoms with Crippen molar-refractivity contribution in [3.8, 4) is 0 Å². The van der Waals surface area contributed by atoms with Gasteiger partial charge in [0.25, 0.3) is 5.91 Å². The molecule has 1 aromatic rings. The lowest BCUT2D eigenvalue weighted by Gasteiger charge is -2.30. The fraction of sp³-hybridized carbons (Fsp3) is 0.417. The van der Waals surface area contributed by atoms with Gasteiger partial charge in [-0.3, -0.25) is 14.6 Å². The number of piperidine rings is 1. The van der Waals surface area contributed by atoms with E-state index in [0.717, 1.165) is 4.47 Å². The first-order valence-electron chi connectivity index (χ1n) is 5.71. The van der Waals surface area contributed by atoms with Crippen LogP contribution in [0.15, 0.2) is 22.9 Å². The number of nitrogens with zero attached hydrogens (tertiary/aromatic N) is 2. The summed E-state index contributed by atoms with van der Waals surface area (Å²) in [4.78, 5) is 28.9. The van der Waals surface area contributed by atoms with Crippen molar-refractivity contribution in [1.82, 2.24) is 15.2 Å². The number of rotatable bonds is 2. The van der Waals surface area contributed by atoms with Gasteiger partial charge in [0.2, 0.25) is 5.91 Å². The zero-order chi connectivity index (χ0) is 13.1. The molecule has 0 bridgehead atoms. The van der Waals surface area contributed by atoms with Gasteiger partial charge in [0.15, 0.2) is 0 Å². The number of pyridine rings is 1. The van der Waals surface area contributed by atoms with Crippen LogP contribution in [0, 0.1) is 0 Å². The van der Waals surface area contributed by atoms with Crippen molar-refractivity contribution >= 4 is 27.7 Å². The number of aromatic nitrogens is 1. The Labute approximate surface area is 114 Å². The third kappa shape index (κ3) is 3.07. The Morgan fingerprint density at radius 3 is 3.00 bits per heavy atom. The zero-order valence-electron chi connectivity index (χ0n) is 10.0. The summed E-state index contributed by atoms with van der Waals surface area (Å²) in [5.74, 6) is -0.0267. The molecule has 6 heteroatoms. The first-order chi connectivity index (χ1) is 8.56. The number of likely N-dealkylation sites (N-methyl/N-ethyl adjacent to an activating group) is 1. The third-order valence-electron chi connectivity index (χ3n) is 2.93. The maximum Gasteiger partial charge on any atom is 0.253 e. The summed E-state index contributed by atoms with van der Waals surface area (Å²) in [5, 5.41) is 2.92. The van der Waals surface area contributed by atoms with Crippen LogP contribution in [0.25, 0.3) is 0 Å². The van der Waals surface area contributed by atoms with E-state index < -0.39 is 0 Å². The molecule has 1 atom stereocenters. The van der Waals surface area contributed by atoms with E-state index in [2.05, 4.69) is 26.2 Å². The van der Waals surface area contributed by atoms with Crippen LogP contribution >= 0.6 is 15.9 Å². The first-order valence-corrected chi connectivity index (χ1v) is 6.51. The number of halogens is 1. The van der Waals surface area contributed by atoms with Crippen LogP contribution in [-0.2, 0) is 4.79 Å². The Balaban J connectivity index is 1.98. The maximum absolute atomic E-state index is 12.0. The van der Waals surface area contributed by atoms with Gasteiger partial charge in [-0.05, 0) is 28.4 Å². The summed E-state index contributed by atoms with van der Waals surface area (Å²) in [6, 6.07) is 1.74. The van der Waals surface area contributed by atoms with Crippen LogP contribution in [0.2, 0.25) is 0 Å². The van der Waals surface area contributed by atoms with Gasteiger partial charge >= 0.3 is 0 Å². The van der Waals surface area contributed by atoms with Gasteiger partial charge in [-0.25, -0.2) is 0 Å². The standard InChI is InChI=1S/C12H14BrN3O2/c1-16-7-10(2-3-11(16)17)15-12(18)8-4-9(13)6-14-5-8/h4-6,10H,2-3,7H2,1H3,(H,15,18). The van der Waals surface area contributed by atoms with Gasteiger partial charge in [-0.15, -0.1) is 0 Å². The van der Waals surface area contributed by atoms with Crippen LogP contribution in [0.5, 0.6) is 0 Å². The minimum atomic E-state index is -0.156. The molecule has 96 valence electrons. The summed E-state index contributed by atoms with van der Waals surface area (Å²) >= 11 is 3.28. The average Bonchev–Trinajstić information content (AvgIpc) is 2.34. The molecular formula is C12H14BrN3O2. The monoisotopic (exact) mass is 311 g/mol. The number of carbonyl (C=O) groups is 2. The van der Waals surface area contributed by atoms with Crippen molar-refractivity contribution in [3.05, 3.63) is 28.5 Å². The maximum atomic E-state index is 12.0. The molecule has 1 saturated heterocycles. The van der Waals surface area contributed by atoms with Gasteiger partial charge in [-0.2, -0.15) is 0 Å². The molecule has 1 aliphatic heterocycles. The second-order valence-electron chi connectivity index (χ2n) is 4.38. The summed E-state index contributed by atoms with van der Waals surface area (Å²) in [6.45, 7) is 0.562. The Hall–Kier alpha value is -1.43. The molecule has 0 aromatic carbocycles. The van der Waals surface area contributed by atoms with E-state index in [4.69, 9.17) is 0 Å². The van der Waals surface area contributed by atoms with E-state index in [1.807, 2.05) is 0 Å². The van der Waals surface area contributed by atoms with Gasteiger partial charge in [0.05, 0.1) is 5.56 Å². The molecule has 2 heterocycles. The van der Waals surface area contributed by atoms with E-state index in [-0.39, 0.29) is 17.9 Å². The molecule has 1 fully saturated rings. The molecule has 0 spiro atoms. The lowest BCUT2D eigenvalue weighted by atomic mass is 10.1. The smallest absolute Gasteiger partial charge is 0.253 e. The molecular weight excluding hydrogens is 298 g/mol. The van der Waals surface area contributed by atoms with Gasteiger partial charge in [-0.1, -0.05) is 0 Å². The van der Waals surface area contributed by atoms with Crippen molar-refractivity contribution in [2.75, 3.05) is 13.6 Å². The van der Waals surface area contributed by atoms with Crippen molar-refractivity contribution in [3.63, 3.8) is 0 Å². The second kappa shape index (κ2) is 5.48. The van der Waals surface area contributed by atoms with E-state index in [1.165, 1.54) is 6.20 Å². The lowest BCUT2D eigenvalue weighted by molar-refractivity contribution is -0.132. The molecule has 1 aromatic heterocycles. The Bertz CT molecular complexity index is 478. The topological polar surface area (TPSA) is 62.3 Å². The number of hydrogen-bond acceptors (Lipinski definition) is 3. The van der Waals surface area contributed by atoms with E-state index in [1.54, 1.807) is 24.2 Å². The van der Waals surface area contributed by atoms with Gasteiger partial charge in [0.1, 0.15) is 0 Å². The molecule has 2 amide bonds. The minimum Gasteiger partial charge on any atom is -0.347 e. The largest absolute Gasteiger partial charge is 0.347 e. The Morgan fingerprint density at radius 1 is 1.56 bits per heavy atom. The first kappa shape index (κ1) is 13.0. The number of likely N-dealkylation sites (tertiary alicyclic amines) is 1. The summed E-state index contributed by atoms with van der Waals surface area (Å²) in [6.07, 6.45) is 4.33. The van der Waals surface area contributed by atoms with Gasteiger partial charge in [0, 0.05) is 42.9 Å². The quantitative estimate of drug-likeness (QED) is 0.892. The fourth-order valence-corrected chi connectivity index (χ4v) is 2.30. The fourth-order valence-electron chi connectivity index (χ4n) is 1.93. The number of nitrogens with one attached hydrogen (secondary N) is 1. The number of amides is 2. The van der Waals surface area contributed by atoms with Crippen LogP contribution in [0.1, 0.15) is 23.2 Å². The molecule has 2 rings (SSSR count). The number of carbonyl (C=O) groups excluding carboxylic acids is 2. The van der Waals surface area contributed by atoms with Crippen molar-refractivity contribution in [1.29, 1.82) is 0 Å². The molecule has 0 radical (unpaired) electrons. The highest BCUT2D eigenvalue weighted by Crippen LogP contribution is 2.12. The van der Waals surface area contributed by atoms with Crippen molar-refractivity contribution < 1.29 is 9.59 Å². The summed E-state index contributed by atoms with van der Waals surface area (Å²) < 4.78 is 0.770. The molecule has 0 aliphatic carbocycles. The molecule has 1 unspecified atom stereocenters. The van der Waals surface area contributed by atoms with E-state index in [0.29, 0.717) is 24.9 Å². The molecule has 5 nitrogen and oxygen atoms in total. The van der Waals surface area contributed by atoms with Crippen LogP contribution in [-0.4, -0.2) is 41.3 Å². The van der Waals surface area contributed by atoms with Gasteiger partial charge < -0.3 is 10.2 Å². The molecule has 0 saturated carbocycles. The molecule has 1 aliphatic rings. The molecule has 18 heavy (non-hydrogen) atoms. The highest BCUT2D eigenvalue weighted by molar-refractivity contribution is 9.10. The summed E-state index contributed by atoms with van der Waals surface area (Å²) in [7, 11) is 1.75. The second-order valence-corrected chi connectivity index (χ2v) is 5.29. The van der Waals surface area contributed by atoms with Crippen LogP contribution in [0.3, 0.4) is 0 Å². The van der Waals surface area contributed by atoms with E-state index >= 15 is 0 Å². The predicted octanol–water partition coefficient (Wildman–Crippen LogP) is 1.19. The number of hydrogen-bond donors (Lipinski definition) is 1. The highest BCUT2D eigenvalue weighted by Gasteiger charge is 2.24. The minimum absolute atomic E-state index is 0.0131. The Kier molecular flexibility index (Phi) is 3.96.